The van der Waals surface area contributed by atoms with Crippen molar-refractivity contribution in [2.75, 3.05) is 20.8 Å². The van der Waals surface area contributed by atoms with Crippen molar-refractivity contribution in [2.45, 2.75) is 38.6 Å². The highest BCUT2D eigenvalue weighted by Gasteiger charge is 2.27. The average Bonchev–Trinajstić information content (AvgIpc) is 2.77. The number of piperidine rings is 1. The number of rotatable bonds is 4. The van der Waals surface area contributed by atoms with E-state index in [4.69, 9.17) is 14.2 Å². The smallest absolute Gasteiger partial charge is 0.415 e. The summed E-state index contributed by atoms with van der Waals surface area (Å²) in [6.07, 6.45) is 3.91. The maximum absolute atomic E-state index is 12.8. The van der Waals surface area contributed by atoms with E-state index in [2.05, 4.69) is 6.92 Å². The van der Waals surface area contributed by atoms with Crippen molar-refractivity contribution < 1.29 is 19.0 Å². The molecule has 4 rings (SSSR count). The van der Waals surface area contributed by atoms with Crippen molar-refractivity contribution in [3.63, 3.8) is 0 Å². The van der Waals surface area contributed by atoms with Crippen molar-refractivity contribution in [1.29, 1.82) is 0 Å². The van der Waals surface area contributed by atoms with Gasteiger partial charge in [0.25, 0.3) is 0 Å². The molecule has 1 amide bonds. The molecule has 5 nitrogen and oxygen atoms in total. The van der Waals surface area contributed by atoms with E-state index in [1.807, 2.05) is 47.4 Å². The first-order chi connectivity index (χ1) is 14.2. The SMILES string of the molecule is CCC1CCCCN1C(=O)Oc1ccc2c(OC)c3ccccc3c(OC)c2c1. The highest BCUT2D eigenvalue weighted by molar-refractivity contribution is 6.11. The van der Waals surface area contributed by atoms with Gasteiger partial charge in [0.2, 0.25) is 0 Å². The summed E-state index contributed by atoms with van der Waals surface area (Å²) in [7, 11) is 3.33. The molecule has 1 heterocycles. The highest BCUT2D eigenvalue weighted by Crippen LogP contribution is 2.43. The molecule has 1 atom stereocenters. The van der Waals surface area contributed by atoms with E-state index in [1.165, 1.54) is 6.42 Å². The quantitative estimate of drug-likeness (QED) is 0.528. The molecule has 0 radical (unpaired) electrons. The molecule has 0 spiro atoms. The van der Waals surface area contributed by atoms with Crippen LogP contribution in [0.2, 0.25) is 0 Å². The van der Waals surface area contributed by atoms with Crippen LogP contribution in [0.4, 0.5) is 4.79 Å². The van der Waals surface area contributed by atoms with Gasteiger partial charge in [0, 0.05) is 34.1 Å². The van der Waals surface area contributed by atoms with E-state index in [1.54, 1.807) is 14.2 Å². The van der Waals surface area contributed by atoms with Gasteiger partial charge in [0.05, 0.1) is 14.2 Å². The second kappa shape index (κ2) is 8.19. The highest BCUT2D eigenvalue weighted by atomic mass is 16.6. The summed E-state index contributed by atoms with van der Waals surface area (Å²) in [5.41, 5.74) is 0. The first-order valence-electron chi connectivity index (χ1n) is 10.2. The standard InChI is InChI=1S/C24H27NO4/c1-4-16-9-7-8-14-25(16)24(26)29-17-12-13-20-21(15-17)23(28-3)19-11-6-5-10-18(19)22(20)27-2/h5-6,10-13,15-16H,4,7-9,14H2,1-3H3. The molecule has 152 valence electrons. The fraction of sp³-hybridized carbons (Fsp3) is 0.375. The normalized spacial score (nSPS) is 16.8. The monoisotopic (exact) mass is 393 g/mol. The third-order valence-corrected chi connectivity index (χ3v) is 5.84. The van der Waals surface area contributed by atoms with Gasteiger partial charge in [-0.05, 0) is 43.9 Å². The Morgan fingerprint density at radius 1 is 0.966 bits per heavy atom. The minimum atomic E-state index is -0.275. The lowest BCUT2D eigenvalue weighted by atomic mass is 10.00. The van der Waals surface area contributed by atoms with Crippen molar-refractivity contribution in [3.8, 4) is 17.2 Å². The zero-order valence-electron chi connectivity index (χ0n) is 17.2. The van der Waals surface area contributed by atoms with Gasteiger partial charge in [-0.3, -0.25) is 0 Å². The van der Waals surface area contributed by atoms with E-state index in [9.17, 15) is 4.79 Å². The van der Waals surface area contributed by atoms with E-state index < -0.39 is 0 Å². The molecule has 0 N–H and O–H groups in total. The topological polar surface area (TPSA) is 48.0 Å². The largest absolute Gasteiger partial charge is 0.495 e. The Balaban J connectivity index is 1.75. The molecule has 0 aliphatic carbocycles. The molecule has 1 fully saturated rings. The Morgan fingerprint density at radius 2 is 1.62 bits per heavy atom. The van der Waals surface area contributed by atoms with Crippen LogP contribution in [0.5, 0.6) is 17.2 Å². The van der Waals surface area contributed by atoms with Gasteiger partial charge < -0.3 is 19.1 Å². The zero-order chi connectivity index (χ0) is 20.4. The zero-order valence-corrected chi connectivity index (χ0v) is 17.2. The van der Waals surface area contributed by atoms with Gasteiger partial charge in [0.1, 0.15) is 17.2 Å². The predicted molar refractivity (Wildman–Crippen MR) is 115 cm³/mol. The molecule has 0 saturated carbocycles. The number of hydrogen-bond donors (Lipinski definition) is 0. The molecular weight excluding hydrogens is 366 g/mol. The van der Waals surface area contributed by atoms with Crippen LogP contribution in [0.3, 0.4) is 0 Å². The van der Waals surface area contributed by atoms with Gasteiger partial charge in [-0.25, -0.2) is 4.79 Å². The van der Waals surface area contributed by atoms with Crippen molar-refractivity contribution in [3.05, 3.63) is 42.5 Å². The summed E-state index contributed by atoms with van der Waals surface area (Å²) in [5.74, 6) is 2.05. The average molecular weight is 393 g/mol. The minimum Gasteiger partial charge on any atom is -0.495 e. The second-order valence-corrected chi connectivity index (χ2v) is 7.44. The molecule has 0 bridgehead atoms. The maximum atomic E-state index is 12.8. The number of ether oxygens (including phenoxy) is 3. The predicted octanol–water partition coefficient (Wildman–Crippen LogP) is 5.77. The Hall–Kier alpha value is -2.95. The minimum absolute atomic E-state index is 0.260. The maximum Gasteiger partial charge on any atom is 0.415 e. The van der Waals surface area contributed by atoms with Crippen molar-refractivity contribution >= 4 is 27.6 Å². The van der Waals surface area contributed by atoms with Gasteiger partial charge in [-0.15, -0.1) is 0 Å². The number of likely N-dealkylation sites (tertiary alicyclic amines) is 1. The second-order valence-electron chi connectivity index (χ2n) is 7.44. The molecule has 1 aliphatic heterocycles. The summed E-state index contributed by atoms with van der Waals surface area (Å²) in [6.45, 7) is 2.88. The fourth-order valence-electron chi connectivity index (χ4n) is 4.41. The molecule has 1 saturated heterocycles. The number of carbonyl (C=O) groups excluding carboxylic acids is 1. The number of amides is 1. The Bertz CT molecular complexity index is 1050. The van der Waals surface area contributed by atoms with Crippen LogP contribution < -0.4 is 14.2 Å². The lowest BCUT2D eigenvalue weighted by molar-refractivity contribution is 0.111. The van der Waals surface area contributed by atoms with Crippen LogP contribution >= 0.6 is 0 Å². The number of hydrogen-bond acceptors (Lipinski definition) is 4. The van der Waals surface area contributed by atoms with E-state index >= 15 is 0 Å². The van der Waals surface area contributed by atoms with Crippen molar-refractivity contribution in [1.82, 2.24) is 4.90 Å². The van der Waals surface area contributed by atoms with Crippen molar-refractivity contribution in [2.24, 2.45) is 0 Å². The van der Waals surface area contributed by atoms with Gasteiger partial charge >= 0.3 is 6.09 Å². The van der Waals surface area contributed by atoms with Gasteiger partial charge in [0.15, 0.2) is 0 Å². The molecule has 3 aromatic rings. The van der Waals surface area contributed by atoms with Gasteiger partial charge in [-0.1, -0.05) is 31.2 Å². The van der Waals surface area contributed by atoms with E-state index in [-0.39, 0.29) is 12.1 Å². The molecular formula is C24H27NO4. The summed E-state index contributed by atoms with van der Waals surface area (Å²) in [6, 6.07) is 13.9. The number of nitrogens with zero attached hydrogens (tertiary/aromatic N) is 1. The number of fused-ring (bicyclic) bond motifs is 2. The summed E-state index contributed by atoms with van der Waals surface area (Å²) >= 11 is 0. The van der Waals surface area contributed by atoms with Crippen LogP contribution in [0, 0.1) is 0 Å². The molecule has 0 aromatic heterocycles. The first kappa shape index (κ1) is 19.4. The number of methoxy groups -OCH3 is 2. The fourth-order valence-corrected chi connectivity index (χ4v) is 4.41. The lowest BCUT2D eigenvalue weighted by Crippen LogP contribution is -2.44. The number of benzene rings is 3. The molecule has 3 aromatic carbocycles. The first-order valence-corrected chi connectivity index (χ1v) is 10.2. The molecule has 29 heavy (non-hydrogen) atoms. The summed E-state index contributed by atoms with van der Waals surface area (Å²) < 4.78 is 17.2. The third-order valence-electron chi connectivity index (χ3n) is 5.84. The van der Waals surface area contributed by atoms with Crippen LogP contribution in [0.25, 0.3) is 21.5 Å². The summed E-state index contributed by atoms with van der Waals surface area (Å²) in [4.78, 5) is 14.7. The summed E-state index contributed by atoms with van der Waals surface area (Å²) in [5, 5.41) is 3.74. The van der Waals surface area contributed by atoms with E-state index in [0.29, 0.717) is 5.75 Å². The molecule has 1 unspecified atom stereocenters. The lowest BCUT2D eigenvalue weighted by Gasteiger charge is -2.34. The van der Waals surface area contributed by atoms with Crippen LogP contribution in [-0.4, -0.2) is 37.8 Å². The Labute approximate surface area is 171 Å². The van der Waals surface area contributed by atoms with Crippen LogP contribution in [0.1, 0.15) is 32.6 Å². The Morgan fingerprint density at radius 3 is 2.28 bits per heavy atom. The van der Waals surface area contributed by atoms with Gasteiger partial charge in [-0.2, -0.15) is 0 Å². The third kappa shape index (κ3) is 3.46. The molecule has 1 aliphatic rings. The van der Waals surface area contributed by atoms with Crippen LogP contribution in [0.15, 0.2) is 42.5 Å². The van der Waals surface area contributed by atoms with E-state index in [0.717, 1.165) is 58.9 Å². The van der Waals surface area contributed by atoms with Crippen LogP contribution in [-0.2, 0) is 0 Å². The molecule has 5 heteroatoms. The number of carbonyl (C=O) groups is 1. The Kier molecular flexibility index (Phi) is 5.47.